The molecule has 0 saturated heterocycles. The molecular weight excluding hydrogens is 1020 g/mol. The average molecular weight is 1140 g/mol. The van der Waals surface area contributed by atoms with Crippen molar-refractivity contribution in [1.82, 2.24) is 0 Å². The molecule has 0 rings (SSSR count). The van der Waals surface area contributed by atoms with Crippen LogP contribution in [0.1, 0.15) is 226 Å². The molecule has 0 aliphatic heterocycles. The minimum atomic E-state index is -0.858. The van der Waals surface area contributed by atoms with E-state index in [0.29, 0.717) is 12.8 Å². The predicted molar refractivity (Wildman–Crippen MR) is 361 cm³/mol. The Morgan fingerprint density at radius 3 is 0.735 bits per heavy atom. The molecule has 1 atom stereocenters. The van der Waals surface area contributed by atoms with Crippen LogP contribution < -0.4 is 0 Å². The standard InChI is InChI=1S/C77H114O6/c1-4-7-10-13-16-19-22-25-28-31-34-35-36-37-38-39-40-41-44-46-49-52-55-58-61-64-67-70-76(79)82-73-74(83-77(80)71-68-65-62-59-56-53-50-47-43-33-30-27-24-21-18-15-12-9-6-3)72-81-75(78)69-66-63-60-57-54-51-48-45-42-32-29-26-23-20-17-14-11-8-5-2/h7-12,16-21,25-30,34-35,37-38,40-43,45-47,49,51,53-54,56,62,65,74H,4-6,13-15,22-24,31-33,36,39,44,48,50,52,55,57-61,63-64,66-73H2,1-3H3/b10-7-,11-8-,12-9-,19-16-,20-17-,21-18-,28-25-,29-26-,30-27-,35-34-,38-37-,41-40-,45-42-,47-43-,49-46-,54-51-,56-53-,65-62-. The second-order valence-electron chi connectivity index (χ2n) is 20.2. The Hall–Kier alpha value is -6.27. The molecule has 83 heavy (non-hydrogen) atoms. The fourth-order valence-electron chi connectivity index (χ4n) is 7.77. The van der Waals surface area contributed by atoms with Gasteiger partial charge in [0.1, 0.15) is 13.2 Å². The summed E-state index contributed by atoms with van der Waals surface area (Å²) in [6.07, 6.45) is 107. The van der Waals surface area contributed by atoms with E-state index in [0.717, 1.165) is 180 Å². The van der Waals surface area contributed by atoms with Gasteiger partial charge in [-0.1, -0.05) is 265 Å². The highest BCUT2D eigenvalue weighted by atomic mass is 16.6. The molecule has 0 aliphatic rings. The summed E-state index contributed by atoms with van der Waals surface area (Å²) in [7, 11) is 0. The predicted octanol–water partition coefficient (Wildman–Crippen LogP) is 22.5. The smallest absolute Gasteiger partial charge is 0.306 e. The van der Waals surface area contributed by atoms with Crippen molar-refractivity contribution in [2.75, 3.05) is 13.2 Å². The van der Waals surface area contributed by atoms with Crippen LogP contribution in [0.5, 0.6) is 0 Å². The Morgan fingerprint density at radius 2 is 0.458 bits per heavy atom. The third-order valence-corrected chi connectivity index (χ3v) is 12.5. The lowest BCUT2D eigenvalue weighted by Crippen LogP contribution is -2.30. The van der Waals surface area contributed by atoms with Crippen LogP contribution in [0.25, 0.3) is 0 Å². The lowest BCUT2D eigenvalue weighted by atomic mass is 10.1. The molecule has 0 spiro atoms. The number of esters is 3. The minimum absolute atomic E-state index is 0.143. The topological polar surface area (TPSA) is 78.9 Å². The van der Waals surface area contributed by atoms with E-state index >= 15 is 0 Å². The van der Waals surface area contributed by atoms with Gasteiger partial charge in [0, 0.05) is 19.3 Å². The number of unbranched alkanes of at least 4 members (excludes halogenated alkanes) is 8. The van der Waals surface area contributed by atoms with Gasteiger partial charge in [0.05, 0.1) is 0 Å². The zero-order valence-corrected chi connectivity index (χ0v) is 52.4. The Kier molecular flexibility index (Phi) is 63.1. The van der Waals surface area contributed by atoms with Crippen LogP contribution in [0, 0.1) is 0 Å². The van der Waals surface area contributed by atoms with Gasteiger partial charge in [0.2, 0.25) is 0 Å². The number of ether oxygens (including phenoxy) is 3. The number of carbonyl (C=O) groups excluding carboxylic acids is 3. The van der Waals surface area contributed by atoms with Gasteiger partial charge in [0.15, 0.2) is 6.10 Å². The largest absolute Gasteiger partial charge is 0.462 e. The van der Waals surface area contributed by atoms with Crippen molar-refractivity contribution in [2.45, 2.75) is 232 Å². The highest BCUT2D eigenvalue weighted by Gasteiger charge is 2.19. The van der Waals surface area contributed by atoms with Crippen LogP contribution in [0.2, 0.25) is 0 Å². The second-order valence-corrected chi connectivity index (χ2v) is 20.2. The normalized spacial score (nSPS) is 13.6. The molecular formula is C77H114O6. The summed E-state index contributed by atoms with van der Waals surface area (Å²) in [6.45, 7) is 6.17. The molecule has 0 saturated carbocycles. The van der Waals surface area contributed by atoms with Gasteiger partial charge in [-0.15, -0.1) is 0 Å². The number of hydrogen-bond acceptors (Lipinski definition) is 6. The van der Waals surface area contributed by atoms with E-state index < -0.39 is 12.1 Å². The Balaban J connectivity index is 4.62. The summed E-state index contributed by atoms with van der Waals surface area (Å²) in [5.74, 6) is -1.09. The van der Waals surface area contributed by atoms with Crippen molar-refractivity contribution in [3.63, 3.8) is 0 Å². The van der Waals surface area contributed by atoms with Gasteiger partial charge in [-0.25, -0.2) is 0 Å². The molecule has 0 bridgehead atoms. The van der Waals surface area contributed by atoms with Gasteiger partial charge in [-0.05, 0) is 161 Å². The summed E-state index contributed by atoms with van der Waals surface area (Å²) in [4.78, 5) is 38.3. The van der Waals surface area contributed by atoms with Crippen molar-refractivity contribution in [1.29, 1.82) is 0 Å². The van der Waals surface area contributed by atoms with Crippen molar-refractivity contribution < 1.29 is 28.6 Å². The van der Waals surface area contributed by atoms with E-state index in [9.17, 15) is 14.4 Å². The minimum Gasteiger partial charge on any atom is -0.462 e. The molecule has 0 N–H and O–H groups in total. The van der Waals surface area contributed by atoms with Crippen LogP contribution in [0.3, 0.4) is 0 Å². The van der Waals surface area contributed by atoms with E-state index in [1.54, 1.807) is 0 Å². The Labute approximate surface area is 508 Å². The highest BCUT2D eigenvalue weighted by molar-refractivity contribution is 5.71. The van der Waals surface area contributed by atoms with E-state index in [-0.39, 0.29) is 38.0 Å². The van der Waals surface area contributed by atoms with Crippen LogP contribution in [0.4, 0.5) is 0 Å². The molecule has 0 aromatic rings. The molecule has 458 valence electrons. The lowest BCUT2D eigenvalue weighted by molar-refractivity contribution is -0.166. The highest BCUT2D eigenvalue weighted by Crippen LogP contribution is 2.12. The van der Waals surface area contributed by atoms with E-state index in [2.05, 4.69) is 227 Å². The first-order valence-corrected chi connectivity index (χ1v) is 32.2. The van der Waals surface area contributed by atoms with E-state index in [4.69, 9.17) is 14.2 Å². The third kappa shape index (κ3) is 66.4. The average Bonchev–Trinajstić information content (AvgIpc) is 3.50. The quantitative estimate of drug-likeness (QED) is 0.0261. The summed E-state index contributed by atoms with van der Waals surface area (Å²) in [5, 5.41) is 0. The fraction of sp³-hybridized carbons (Fsp3) is 0.494. The maximum Gasteiger partial charge on any atom is 0.306 e. The van der Waals surface area contributed by atoms with Crippen molar-refractivity contribution >= 4 is 17.9 Å². The van der Waals surface area contributed by atoms with E-state index in [1.807, 2.05) is 12.2 Å². The zero-order chi connectivity index (χ0) is 59.9. The molecule has 6 nitrogen and oxygen atoms in total. The molecule has 0 aromatic heterocycles. The molecule has 0 radical (unpaired) electrons. The summed E-state index contributed by atoms with van der Waals surface area (Å²) in [6, 6.07) is 0. The zero-order valence-electron chi connectivity index (χ0n) is 52.4. The molecule has 0 aromatic carbocycles. The Morgan fingerprint density at radius 1 is 0.241 bits per heavy atom. The lowest BCUT2D eigenvalue weighted by Gasteiger charge is -2.18. The summed E-state index contributed by atoms with van der Waals surface area (Å²) < 4.78 is 16.8. The molecule has 0 heterocycles. The van der Waals surface area contributed by atoms with Crippen molar-refractivity contribution in [2.24, 2.45) is 0 Å². The SMILES string of the molecule is CC/C=C\C/C=C\C/C=C\C/C=C\C/C=C\C/C=C\C/C=C\CCCCCCCC(=O)OCC(COC(=O)CCCCC/C=C\C/C=C\C/C=C\C/C=C\C/C=C\CC)OC(=O)CC/C=C\C/C=C\C/C=C\C/C=C\C/C=C\C/C=C\CC. The first-order chi connectivity index (χ1) is 41.0. The number of rotatable bonds is 55. The van der Waals surface area contributed by atoms with Crippen molar-refractivity contribution in [3.8, 4) is 0 Å². The van der Waals surface area contributed by atoms with Crippen LogP contribution in [-0.4, -0.2) is 37.2 Å². The molecule has 0 amide bonds. The molecule has 0 aliphatic carbocycles. The monoisotopic (exact) mass is 1130 g/mol. The first-order valence-electron chi connectivity index (χ1n) is 32.2. The van der Waals surface area contributed by atoms with Gasteiger partial charge < -0.3 is 14.2 Å². The number of carbonyl (C=O) groups is 3. The van der Waals surface area contributed by atoms with E-state index in [1.165, 1.54) is 0 Å². The Bertz CT molecular complexity index is 2080. The number of allylic oxidation sites excluding steroid dienone is 36. The maximum absolute atomic E-state index is 12.9. The first kappa shape index (κ1) is 76.7. The van der Waals surface area contributed by atoms with Crippen LogP contribution in [0.15, 0.2) is 219 Å². The van der Waals surface area contributed by atoms with Gasteiger partial charge in [-0.2, -0.15) is 0 Å². The van der Waals surface area contributed by atoms with Crippen LogP contribution in [-0.2, 0) is 28.6 Å². The van der Waals surface area contributed by atoms with Gasteiger partial charge in [0.25, 0.3) is 0 Å². The number of hydrogen-bond donors (Lipinski definition) is 0. The van der Waals surface area contributed by atoms with Crippen molar-refractivity contribution in [3.05, 3.63) is 219 Å². The summed E-state index contributed by atoms with van der Waals surface area (Å²) >= 11 is 0. The molecule has 6 heteroatoms. The van der Waals surface area contributed by atoms with Gasteiger partial charge in [-0.3, -0.25) is 14.4 Å². The molecule has 1 unspecified atom stereocenters. The van der Waals surface area contributed by atoms with Crippen LogP contribution >= 0.6 is 0 Å². The maximum atomic E-state index is 12.9. The third-order valence-electron chi connectivity index (χ3n) is 12.5. The molecule has 0 fully saturated rings. The van der Waals surface area contributed by atoms with Gasteiger partial charge >= 0.3 is 17.9 Å². The summed E-state index contributed by atoms with van der Waals surface area (Å²) in [5.41, 5.74) is 0. The fourth-order valence-corrected chi connectivity index (χ4v) is 7.77. The second kappa shape index (κ2) is 68.2.